The zero-order valence-corrected chi connectivity index (χ0v) is 20.9. The number of amides is 3. The van der Waals surface area contributed by atoms with E-state index < -0.39 is 23.2 Å². The fourth-order valence-electron chi connectivity index (χ4n) is 3.04. The Kier molecular flexibility index (Phi) is 8.71. The molecular weight excluding hydrogens is 503 g/mol. The van der Waals surface area contributed by atoms with Crippen LogP contribution < -0.4 is 19.5 Å². The maximum Gasteiger partial charge on any atom is 0.293 e. The van der Waals surface area contributed by atoms with Gasteiger partial charge in [0.15, 0.2) is 17.6 Å². The summed E-state index contributed by atoms with van der Waals surface area (Å²) in [5, 5.41) is 2.98. The molecule has 1 aliphatic heterocycles. The minimum Gasteiger partial charge on any atom is -0.493 e. The van der Waals surface area contributed by atoms with E-state index in [1.54, 1.807) is 43.3 Å². The average molecular weight is 525 g/mol. The monoisotopic (exact) mass is 524 g/mol. The highest BCUT2D eigenvalue weighted by Crippen LogP contribution is 2.34. The fourth-order valence-corrected chi connectivity index (χ4v) is 4.35. The first-order chi connectivity index (χ1) is 16.2. The number of rotatable bonds is 9. The third kappa shape index (κ3) is 6.16. The molecule has 1 fully saturated rings. The number of methoxy groups -OCH3 is 2. The predicted molar refractivity (Wildman–Crippen MR) is 132 cm³/mol. The van der Waals surface area contributed by atoms with E-state index >= 15 is 0 Å². The van der Waals surface area contributed by atoms with Crippen molar-refractivity contribution in [1.82, 2.24) is 10.2 Å². The van der Waals surface area contributed by atoms with Crippen molar-refractivity contribution in [3.05, 3.63) is 56.9 Å². The summed E-state index contributed by atoms with van der Waals surface area (Å²) in [4.78, 5) is 38.8. The number of carbonyl (C=O) groups excluding carboxylic acids is 3. The fraction of sp³-hybridized carbons (Fsp3) is 0.261. The van der Waals surface area contributed by atoms with Crippen LogP contribution in [0.2, 0.25) is 10.0 Å². The van der Waals surface area contributed by atoms with Crippen LogP contribution in [0.3, 0.4) is 0 Å². The molecule has 0 unspecified atom stereocenters. The molecule has 0 radical (unpaired) electrons. The molecule has 2 aromatic carbocycles. The van der Waals surface area contributed by atoms with Crippen molar-refractivity contribution in [2.45, 2.75) is 13.0 Å². The lowest BCUT2D eigenvalue weighted by Gasteiger charge is -2.17. The lowest BCUT2D eigenvalue weighted by atomic mass is 10.2. The van der Waals surface area contributed by atoms with Gasteiger partial charge in [-0.15, -0.1) is 0 Å². The molecule has 0 spiro atoms. The number of nitrogens with zero attached hydrogens (tertiary/aromatic N) is 1. The van der Waals surface area contributed by atoms with Gasteiger partial charge in [0.2, 0.25) is 0 Å². The van der Waals surface area contributed by atoms with E-state index in [0.29, 0.717) is 27.8 Å². The number of nitrogens with one attached hydrogen (secondary N) is 1. The Morgan fingerprint density at radius 1 is 1.09 bits per heavy atom. The van der Waals surface area contributed by atoms with Gasteiger partial charge in [0.1, 0.15) is 5.75 Å². The molecule has 3 amide bonds. The van der Waals surface area contributed by atoms with E-state index in [-0.39, 0.29) is 23.0 Å². The largest absolute Gasteiger partial charge is 0.493 e. The first kappa shape index (κ1) is 25.7. The van der Waals surface area contributed by atoms with Crippen LogP contribution in [0.5, 0.6) is 17.2 Å². The number of imide groups is 1. The maximum atomic E-state index is 12.7. The van der Waals surface area contributed by atoms with Crippen LogP contribution in [0.25, 0.3) is 6.08 Å². The van der Waals surface area contributed by atoms with Gasteiger partial charge in [-0.3, -0.25) is 19.3 Å². The summed E-state index contributed by atoms with van der Waals surface area (Å²) in [6.45, 7) is 1.66. The van der Waals surface area contributed by atoms with Crippen molar-refractivity contribution in [2.24, 2.45) is 0 Å². The van der Waals surface area contributed by atoms with E-state index in [2.05, 4.69) is 5.32 Å². The van der Waals surface area contributed by atoms with Gasteiger partial charge in [0.25, 0.3) is 17.1 Å². The quantitative estimate of drug-likeness (QED) is 0.477. The minimum absolute atomic E-state index is 0.0219. The molecule has 180 valence electrons. The van der Waals surface area contributed by atoms with Crippen LogP contribution in [0.15, 0.2) is 41.3 Å². The smallest absolute Gasteiger partial charge is 0.293 e. The Balaban J connectivity index is 1.56. The molecule has 1 heterocycles. The summed E-state index contributed by atoms with van der Waals surface area (Å²) in [5.41, 5.74) is 0.684. The van der Waals surface area contributed by atoms with Gasteiger partial charge in [0.05, 0.1) is 24.1 Å². The highest BCUT2D eigenvalue weighted by Gasteiger charge is 2.34. The molecule has 1 aliphatic rings. The summed E-state index contributed by atoms with van der Waals surface area (Å²) in [5.74, 6) is 0.532. The van der Waals surface area contributed by atoms with Gasteiger partial charge < -0.3 is 19.5 Å². The normalized spacial score (nSPS) is 15.4. The highest BCUT2D eigenvalue weighted by molar-refractivity contribution is 8.18. The van der Waals surface area contributed by atoms with E-state index in [4.69, 9.17) is 37.4 Å². The van der Waals surface area contributed by atoms with Crippen molar-refractivity contribution in [3.8, 4) is 17.2 Å². The molecule has 34 heavy (non-hydrogen) atoms. The van der Waals surface area contributed by atoms with Crippen LogP contribution in [0.4, 0.5) is 4.79 Å². The summed E-state index contributed by atoms with van der Waals surface area (Å²) in [6.07, 6.45) is 0.760. The Hall–Kier alpha value is -2.88. The maximum absolute atomic E-state index is 12.7. The third-order valence-electron chi connectivity index (χ3n) is 4.78. The SMILES string of the molecule is COc1ccc(/C=C2\SC(=O)N(CCNC(=O)[C@@H](C)Oc3ccc(Cl)cc3Cl)C2=O)cc1OC. The van der Waals surface area contributed by atoms with Crippen molar-refractivity contribution in [3.63, 3.8) is 0 Å². The Morgan fingerprint density at radius 3 is 2.47 bits per heavy atom. The van der Waals surface area contributed by atoms with E-state index in [0.717, 1.165) is 16.7 Å². The number of carbonyl (C=O) groups is 3. The average Bonchev–Trinajstić information content (AvgIpc) is 3.07. The van der Waals surface area contributed by atoms with Crippen LogP contribution >= 0.6 is 35.0 Å². The summed E-state index contributed by atoms with van der Waals surface area (Å²) < 4.78 is 16.0. The minimum atomic E-state index is -0.849. The molecule has 0 saturated carbocycles. The zero-order chi connectivity index (χ0) is 24.8. The molecule has 2 aromatic rings. The van der Waals surface area contributed by atoms with Crippen molar-refractivity contribution in [2.75, 3.05) is 27.3 Å². The van der Waals surface area contributed by atoms with Crippen LogP contribution in [0.1, 0.15) is 12.5 Å². The second-order valence-electron chi connectivity index (χ2n) is 7.07. The van der Waals surface area contributed by atoms with E-state index in [1.807, 2.05) is 0 Å². The molecular formula is C23H22Cl2N2O6S. The number of hydrogen-bond donors (Lipinski definition) is 1. The topological polar surface area (TPSA) is 94.2 Å². The Labute approximate surface area is 211 Å². The summed E-state index contributed by atoms with van der Waals surface area (Å²) >= 11 is 12.8. The molecule has 1 saturated heterocycles. The van der Waals surface area contributed by atoms with Crippen LogP contribution in [-0.2, 0) is 9.59 Å². The number of benzene rings is 2. The lowest BCUT2D eigenvalue weighted by molar-refractivity contribution is -0.128. The third-order valence-corrected chi connectivity index (χ3v) is 6.22. The molecule has 8 nitrogen and oxygen atoms in total. The molecule has 0 bridgehead atoms. The first-order valence-electron chi connectivity index (χ1n) is 10.1. The Morgan fingerprint density at radius 2 is 1.79 bits per heavy atom. The van der Waals surface area contributed by atoms with Crippen LogP contribution in [-0.4, -0.2) is 55.4 Å². The highest BCUT2D eigenvalue weighted by atomic mass is 35.5. The van der Waals surface area contributed by atoms with Gasteiger partial charge in [0, 0.05) is 18.1 Å². The summed E-state index contributed by atoms with van der Waals surface area (Å²) in [7, 11) is 3.04. The lowest BCUT2D eigenvalue weighted by Crippen LogP contribution is -2.41. The number of ether oxygens (including phenoxy) is 3. The van der Waals surface area contributed by atoms with Crippen LogP contribution in [0, 0.1) is 0 Å². The molecule has 0 aromatic heterocycles. The van der Waals surface area contributed by atoms with Crippen molar-refractivity contribution in [1.29, 1.82) is 0 Å². The molecule has 1 N–H and O–H groups in total. The predicted octanol–water partition coefficient (Wildman–Crippen LogP) is 4.63. The summed E-state index contributed by atoms with van der Waals surface area (Å²) in [6, 6.07) is 9.86. The molecule has 0 aliphatic carbocycles. The van der Waals surface area contributed by atoms with Gasteiger partial charge in [-0.2, -0.15) is 0 Å². The van der Waals surface area contributed by atoms with Crippen molar-refractivity contribution < 1.29 is 28.6 Å². The first-order valence-corrected chi connectivity index (χ1v) is 11.7. The second kappa shape index (κ2) is 11.5. The second-order valence-corrected chi connectivity index (χ2v) is 8.91. The molecule has 1 atom stereocenters. The van der Waals surface area contributed by atoms with Gasteiger partial charge in [-0.1, -0.05) is 29.3 Å². The van der Waals surface area contributed by atoms with Gasteiger partial charge in [-0.25, -0.2) is 0 Å². The van der Waals surface area contributed by atoms with Crippen molar-refractivity contribution >= 4 is 58.1 Å². The standard InChI is InChI=1S/C23H22Cl2N2O6S/c1-13(33-17-7-5-15(24)12-16(17)25)21(28)26-8-9-27-22(29)20(34-23(27)30)11-14-4-6-18(31-2)19(10-14)32-3/h4-7,10-13H,8-9H2,1-3H3,(H,26,28)/b20-11-/t13-/m1/s1. The number of hydrogen-bond acceptors (Lipinski definition) is 7. The number of thioether (sulfide) groups is 1. The Bertz CT molecular complexity index is 1140. The number of halogens is 2. The molecule has 3 rings (SSSR count). The van der Waals surface area contributed by atoms with Gasteiger partial charge in [-0.05, 0) is 60.7 Å². The van der Waals surface area contributed by atoms with E-state index in [1.165, 1.54) is 20.3 Å². The van der Waals surface area contributed by atoms with Gasteiger partial charge >= 0.3 is 0 Å². The van der Waals surface area contributed by atoms with E-state index in [9.17, 15) is 14.4 Å². The molecule has 11 heteroatoms. The zero-order valence-electron chi connectivity index (χ0n) is 18.6.